The van der Waals surface area contributed by atoms with Gasteiger partial charge < -0.3 is 14.9 Å². The lowest BCUT2D eigenvalue weighted by Gasteiger charge is -2.59. The molecule has 0 aromatic rings. The molecule has 5 rings (SSSR count). The zero-order valence-electron chi connectivity index (χ0n) is 21.9. The predicted molar refractivity (Wildman–Crippen MR) is 134 cm³/mol. The molecule has 1 unspecified atom stereocenters. The Morgan fingerprint density at radius 3 is 2.58 bits per heavy atom. The van der Waals surface area contributed by atoms with Gasteiger partial charge in [0.25, 0.3) is 0 Å². The monoisotopic (exact) mass is 458 g/mol. The van der Waals surface area contributed by atoms with Crippen molar-refractivity contribution >= 4 is 0 Å². The van der Waals surface area contributed by atoms with Crippen molar-refractivity contribution in [3.05, 3.63) is 11.6 Å². The fourth-order valence-electron chi connectivity index (χ4n) is 9.72. The van der Waals surface area contributed by atoms with Crippen LogP contribution in [0.1, 0.15) is 111 Å². The van der Waals surface area contributed by atoms with E-state index < -0.39 is 11.2 Å². The van der Waals surface area contributed by atoms with E-state index in [2.05, 4.69) is 33.8 Å². The van der Waals surface area contributed by atoms with Gasteiger partial charge in [-0.3, -0.25) is 0 Å². The molecule has 3 saturated carbocycles. The summed E-state index contributed by atoms with van der Waals surface area (Å²) in [6, 6.07) is 0. The first-order chi connectivity index (χ1) is 15.6. The Morgan fingerprint density at radius 1 is 1.03 bits per heavy atom. The van der Waals surface area contributed by atoms with Gasteiger partial charge in [0.15, 0.2) is 0 Å². The average Bonchev–Trinajstić information content (AvgIpc) is 3.16. The van der Waals surface area contributed by atoms with Crippen molar-refractivity contribution in [2.24, 2.45) is 40.4 Å². The lowest BCUT2D eigenvalue weighted by atomic mass is 9.46. The van der Waals surface area contributed by atoms with Gasteiger partial charge in [-0.25, -0.2) is 0 Å². The number of fused-ring (bicyclic) bond motifs is 5. The summed E-state index contributed by atoms with van der Waals surface area (Å²) in [5.41, 5.74) is 1.34. The van der Waals surface area contributed by atoms with E-state index in [9.17, 15) is 10.2 Å². The molecule has 4 fully saturated rings. The van der Waals surface area contributed by atoms with Crippen molar-refractivity contribution in [1.82, 2.24) is 0 Å². The highest BCUT2D eigenvalue weighted by Gasteiger charge is 2.59. The molecule has 1 saturated heterocycles. The van der Waals surface area contributed by atoms with Crippen LogP contribution in [0.3, 0.4) is 0 Å². The van der Waals surface area contributed by atoms with E-state index in [1.807, 2.05) is 0 Å². The first-order valence-electron chi connectivity index (χ1n) is 14.3. The van der Waals surface area contributed by atoms with Crippen molar-refractivity contribution < 1.29 is 14.9 Å². The first-order valence-corrected chi connectivity index (χ1v) is 14.3. The molecule has 0 bridgehead atoms. The molecule has 0 radical (unpaired) electrons. The number of allylic oxidation sites excluding steroid dienone is 1. The summed E-state index contributed by atoms with van der Waals surface area (Å²) < 4.78 is 5.61. The molecule has 3 nitrogen and oxygen atoms in total. The van der Waals surface area contributed by atoms with E-state index in [0.29, 0.717) is 23.4 Å². The van der Waals surface area contributed by atoms with E-state index in [1.165, 1.54) is 38.5 Å². The second-order valence-electron chi connectivity index (χ2n) is 13.6. The fraction of sp³-hybridized carbons (Fsp3) is 0.933. The third-order valence-electron chi connectivity index (χ3n) is 12.0. The zero-order chi connectivity index (χ0) is 23.5. The quantitative estimate of drug-likeness (QED) is 0.453. The number of aliphatic hydroxyl groups is 2. The highest BCUT2D eigenvalue weighted by Crippen LogP contribution is 2.68. The molecule has 0 amide bonds. The number of ether oxygens (including phenoxy) is 1. The van der Waals surface area contributed by atoms with E-state index in [0.717, 1.165) is 75.2 Å². The Labute approximate surface area is 202 Å². The maximum Gasteiger partial charge on any atom is 0.0881 e. The molecule has 2 N–H and O–H groups in total. The normalized spacial score (nSPS) is 50.7. The second-order valence-corrected chi connectivity index (χ2v) is 13.6. The van der Waals surface area contributed by atoms with E-state index in [-0.39, 0.29) is 0 Å². The van der Waals surface area contributed by atoms with Gasteiger partial charge in [-0.05, 0) is 124 Å². The lowest BCUT2D eigenvalue weighted by Crippen LogP contribution is -2.52. The second kappa shape index (κ2) is 8.63. The minimum Gasteiger partial charge on any atom is -0.390 e. The Balaban J connectivity index is 1.29. The van der Waals surface area contributed by atoms with Crippen LogP contribution in [0.5, 0.6) is 0 Å². The molecule has 33 heavy (non-hydrogen) atoms. The first kappa shape index (κ1) is 24.3. The summed E-state index contributed by atoms with van der Waals surface area (Å²) >= 11 is 0. The van der Waals surface area contributed by atoms with Crippen LogP contribution in [0.25, 0.3) is 0 Å². The molecule has 188 valence electrons. The maximum atomic E-state index is 11.0. The van der Waals surface area contributed by atoms with E-state index in [1.54, 1.807) is 5.57 Å². The van der Waals surface area contributed by atoms with Gasteiger partial charge in [-0.2, -0.15) is 0 Å². The maximum absolute atomic E-state index is 11.0. The number of hydrogen-bond donors (Lipinski definition) is 2. The molecule has 0 aromatic carbocycles. The summed E-state index contributed by atoms with van der Waals surface area (Å²) in [4.78, 5) is 0. The van der Waals surface area contributed by atoms with Crippen LogP contribution in [0.2, 0.25) is 0 Å². The van der Waals surface area contributed by atoms with Crippen molar-refractivity contribution in [1.29, 1.82) is 0 Å². The molecule has 0 spiro atoms. The predicted octanol–water partition coefficient (Wildman–Crippen LogP) is 6.66. The topological polar surface area (TPSA) is 49.7 Å². The van der Waals surface area contributed by atoms with Crippen LogP contribution in [0, 0.1) is 40.4 Å². The number of rotatable bonds is 5. The van der Waals surface area contributed by atoms with Crippen LogP contribution < -0.4 is 0 Å². The lowest BCUT2D eigenvalue weighted by molar-refractivity contribution is -0.0965. The molecule has 0 aromatic heterocycles. The van der Waals surface area contributed by atoms with Crippen molar-refractivity contribution in [3.63, 3.8) is 0 Å². The molecule has 1 aliphatic heterocycles. The van der Waals surface area contributed by atoms with Crippen molar-refractivity contribution in [2.75, 3.05) is 13.2 Å². The summed E-state index contributed by atoms with van der Waals surface area (Å²) in [7, 11) is 0. The van der Waals surface area contributed by atoms with Crippen LogP contribution >= 0.6 is 0 Å². The molecule has 1 heterocycles. The largest absolute Gasteiger partial charge is 0.390 e. The van der Waals surface area contributed by atoms with Gasteiger partial charge in [0.2, 0.25) is 0 Å². The van der Waals surface area contributed by atoms with Gasteiger partial charge >= 0.3 is 0 Å². The van der Waals surface area contributed by atoms with Gasteiger partial charge in [0.1, 0.15) is 0 Å². The van der Waals surface area contributed by atoms with Crippen LogP contribution in [0.4, 0.5) is 0 Å². The highest BCUT2D eigenvalue weighted by molar-refractivity contribution is 5.27. The molecule has 9 atom stereocenters. The Bertz CT molecular complexity index is 754. The SMILES string of the molecule is CC[C@]1(O)CC[C@@]2(C)C(=CC[C@H]3[C@@H]4CC[C@H]([C@H](C)CCC5(O)CCCOC5)[C@@]4(C)CC[C@@H]32)C1. The number of hydrogen-bond acceptors (Lipinski definition) is 3. The minimum absolute atomic E-state index is 0.319. The molecule has 4 aliphatic carbocycles. The van der Waals surface area contributed by atoms with E-state index >= 15 is 0 Å². The molecular formula is C30H50O3. The summed E-state index contributed by atoms with van der Waals surface area (Å²) in [6.45, 7) is 11.2. The minimum atomic E-state index is -0.580. The molecule has 3 heteroatoms. The molecular weight excluding hydrogens is 408 g/mol. The van der Waals surface area contributed by atoms with E-state index in [4.69, 9.17) is 4.74 Å². The zero-order valence-corrected chi connectivity index (χ0v) is 21.9. The third-order valence-corrected chi connectivity index (χ3v) is 12.0. The fourth-order valence-corrected chi connectivity index (χ4v) is 9.72. The molecule has 5 aliphatic rings. The van der Waals surface area contributed by atoms with Gasteiger partial charge in [0, 0.05) is 6.61 Å². The average molecular weight is 459 g/mol. The Morgan fingerprint density at radius 2 is 1.85 bits per heavy atom. The van der Waals surface area contributed by atoms with Gasteiger partial charge in [-0.1, -0.05) is 39.3 Å². The van der Waals surface area contributed by atoms with Gasteiger partial charge in [-0.15, -0.1) is 0 Å². The summed E-state index contributed by atoms with van der Waals surface area (Å²) in [5, 5.41) is 22.0. The van der Waals surface area contributed by atoms with Crippen molar-refractivity contribution in [2.45, 2.75) is 122 Å². The van der Waals surface area contributed by atoms with Gasteiger partial charge in [0.05, 0.1) is 17.8 Å². The smallest absolute Gasteiger partial charge is 0.0881 e. The van der Waals surface area contributed by atoms with Crippen molar-refractivity contribution in [3.8, 4) is 0 Å². The third kappa shape index (κ3) is 4.06. The van der Waals surface area contributed by atoms with Crippen LogP contribution in [-0.4, -0.2) is 34.6 Å². The standard InChI is InChI=1S/C30H50O3/c1-5-29(31)17-16-27(3)22(19-29)7-8-23-25-10-9-24(28(25,4)14-12-26(23)27)21(2)11-15-30(32)13-6-18-33-20-30/h7,21,23-26,31-32H,5-6,8-20H2,1-4H3/t21-,23+,24-,25+,26+,27+,28-,29+,30?/m1/s1. The van der Waals surface area contributed by atoms with Crippen LogP contribution in [0.15, 0.2) is 11.6 Å². The highest BCUT2D eigenvalue weighted by atomic mass is 16.5. The Kier molecular flexibility index (Phi) is 6.36. The Hall–Kier alpha value is -0.380. The summed E-state index contributed by atoms with van der Waals surface area (Å²) in [5.74, 6) is 3.98. The van der Waals surface area contributed by atoms with Crippen LogP contribution in [-0.2, 0) is 4.74 Å². The summed E-state index contributed by atoms with van der Waals surface area (Å²) in [6.07, 6.45) is 17.3.